The first kappa shape index (κ1) is 25.7. The number of likely N-dealkylation sites (tertiary alicyclic amines) is 1. The second-order valence-electron chi connectivity index (χ2n) is 9.00. The average molecular weight is 488 g/mol. The van der Waals surface area contributed by atoms with Gasteiger partial charge in [0.1, 0.15) is 5.82 Å². The molecule has 0 atom stereocenters. The van der Waals surface area contributed by atoms with Crippen LogP contribution in [0.1, 0.15) is 60.4 Å². The highest BCUT2D eigenvalue weighted by Crippen LogP contribution is 2.25. The van der Waals surface area contributed by atoms with Gasteiger partial charge in [0, 0.05) is 31.2 Å². The van der Waals surface area contributed by atoms with Crippen LogP contribution in [0.25, 0.3) is 11.0 Å². The maximum atomic E-state index is 13.2. The van der Waals surface area contributed by atoms with Crippen LogP contribution in [0.2, 0.25) is 0 Å². The van der Waals surface area contributed by atoms with Crippen molar-refractivity contribution in [3.63, 3.8) is 0 Å². The summed E-state index contributed by atoms with van der Waals surface area (Å²) in [6, 6.07) is 13.2. The average Bonchev–Trinajstić information content (AvgIpc) is 3.26. The first-order valence-electron chi connectivity index (χ1n) is 11.6. The highest BCUT2D eigenvalue weighted by Gasteiger charge is 2.26. The van der Waals surface area contributed by atoms with Crippen molar-refractivity contribution >= 4 is 35.2 Å². The van der Waals surface area contributed by atoms with Crippen LogP contribution in [0.15, 0.2) is 53.1 Å². The summed E-state index contributed by atoms with van der Waals surface area (Å²) in [6.07, 6.45) is 3.79. The zero-order valence-corrected chi connectivity index (χ0v) is 20.4. The number of carbonyl (C=O) groups excluding carboxylic acids is 2. The molecule has 0 unspecified atom stereocenters. The van der Waals surface area contributed by atoms with Crippen molar-refractivity contribution in [2.75, 3.05) is 19.6 Å². The second-order valence-corrected chi connectivity index (χ2v) is 9.00. The summed E-state index contributed by atoms with van der Waals surface area (Å²) in [5.74, 6) is 0.0507. The largest absolute Gasteiger partial charge is 0.355 e. The Morgan fingerprint density at radius 2 is 1.79 bits per heavy atom. The molecule has 0 saturated carbocycles. The highest BCUT2D eigenvalue weighted by molar-refractivity contribution is 6.04. The molecule has 0 radical (unpaired) electrons. The number of hydrogen-bond donors (Lipinski definition) is 0. The zero-order chi connectivity index (χ0) is 23.4. The van der Waals surface area contributed by atoms with E-state index in [4.69, 9.17) is 4.52 Å². The third kappa shape index (κ3) is 5.76. The van der Waals surface area contributed by atoms with E-state index >= 15 is 0 Å². The number of para-hydroxylation sites is 1. The van der Waals surface area contributed by atoms with Gasteiger partial charge in [-0.25, -0.2) is 4.39 Å². The Morgan fingerprint density at radius 1 is 1.12 bits per heavy atom. The van der Waals surface area contributed by atoms with Crippen LogP contribution in [-0.2, 0) is 0 Å². The van der Waals surface area contributed by atoms with Crippen LogP contribution in [0, 0.1) is 11.7 Å². The Balaban J connectivity index is 0.00000324. The first-order valence-corrected chi connectivity index (χ1v) is 11.6. The van der Waals surface area contributed by atoms with E-state index in [1.165, 1.54) is 12.1 Å². The predicted molar refractivity (Wildman–Crippen MR) is 132 cm³/mol. The van der Waals surface area contributed by atoms with Crippen LogP contribution in [0.5, 0.6) is 0 Å². The summed E-state index contributed by atoms with van der Waals surface area (Å²) < 4.78 is 18.4. The topological polar surface area (TPSA) is 66.7 Å². The van der Waals surface area contributed by atoms with Crippen molar-refractivity contribution in [2.45, 2.75) is 45.6 Å². The molecule has 0 N–H and O–H groups in total. The fraction of sp³-hybridized carbons (Fsp3) is 0.423. The SMILES string of the molecule is CC(C)N(CCCC1CCN(C(=O)c2ccc(F)cc2)CC1)C(=O)c1noc2ccccc12.Cl. The molecule has 6 nitrogen and oxygen atoms in total. The van der Waals surface area contributed by atoms with Gasteiger partial charge in [-0.1, -0.05) is 17.3 Å². The fourth-order valence-electron chi connectivity index (χ4n) is 4.52. The van der Waals surface area contributed by atoms with Gasteiger partial charge >= 0.3 is 0 Å². The Morgan fingerprint density at radius 3 is 2.47 bits per heavy atom. The van der Waals surface area contributed by atoms with E-state index in [-0.39, 0.29) is 36.1 Å². The van der Waals surface area contributed by atoms with E-state index in [1.807, 2.05) is 47.9 Å². The lowest BCUT2D eigenvalue weighted by atomic mass is 9.91. The molecule has 182 valence electrons. The van der Waals surface area contributed by atoms with Crippen molar-refractivity contribution in [2.24, 2.45) is 5.92 Å². The summed E-state index contributed by atoms with van der Waals surface area (Å²) in [5, 5.41) is 4.77. The molecule has 1 aliphatic rings. The minimum atomic E-state index is -0.337. The number of carbonyl (C=O) groups is 2. The number of rotatable bonds is 7. The molecule has 2 heterocycles. The van der Waals surface area contributed by atoms with E-state index in [9.17, 15) is 14.0 Å². The van der Waals surface area contributed by atoms with Gasteiger partial charge in [0.2, 0.25) is 0 Å². The van der Waals surface area contributed by atoms with E-state index in [0.29, 0.717) is 42.4 Å². The Kier molecular flexibility index (Phi) is 8.67. The van der Waals surface area contributed by atoms with E-state index in [0.717, 1.165) is 31.1 Å². The second kappa shape index (κ2) is 11.5. The lowest BCUT2D eigenvalue weighted by Gasteiger charge is -2.33. The van der Waals surface area contributed by atoms with Crippen molar-refractivity contribution in [1.82, 2.24) is 15.0 Å². The summed E-state index contributed by atoms with van der Waals surface area (Å²) in [6.45, 7) is 6.10. The molecule has 8 heteroatoms. The maximum absolute atomic E-state index is 13.2. The number of nitrogens with zero attached hydrogens (tertiary/aromatic N) is 3. The quantitative estimate of drug-likeness (QED) is 0.437. The number of fused-ring (bicyclic) bond motifs is 1. The van der Waals surface area contributed by atoms with Gasteiger partial charge in [-0.3, -0.25) is 9.59 Å². The number of benzene rings is 2. The van der Waals surface area contributed by atoms with E-state index in [2.05, 4.69) is 5.16 Å². The van der Waals surface area contributed by atoms with Gasteiger partial charge in [0.05, 0.1) is 5.39 Å². The molecule has 2 amide bonds. The van der Waals surface area contributed by atoms with Crippen molar-refractivity contribution in [1.29, 1.82) is 0 Å². The van der Waals surface area contributed by atoms with E-state index < -0.39 is 0 Å². The minimum absolute atomic E-state index is 0. The number of amides is 2. The molecule has 1 saturated heterocycles. The third-order valence-electron chi connectivity index (χ3n) is 6.47. The van der Waals surface area contributed by atoms with Gasteiger partial charge in [0.25, 0.3) is 11.8 Å². The number of halogens is 2. The molecular weight excluding hydrogens is 457 g/mol. The zero-order valence-electron chi connectivity index (χ0n) is 19.6. The van der Waals surface area contributed by atoms with E-state index in [1.54, 1.807) is 12.1 Å². The third-order valence-corrected chi connectivity index (χ3v) is 6.47. The molecule has 2 aromatic carbocycles. The standard InChI is InChI=1S/C26H30FN3O3.ClH/c1-18(2)30(26(32)24-22-7-3-4-8-23(22)33-28-24)15-5-6-19-13-16-29(17-14-19)25(31)20-9-11-21(27)12-10-20;/h3-4,7-12,18-19H,5-6,13-17H2,1-2H3;1H. The lowest BCUT2D eigenvalue weighted by Crippen LogP contribution is -2.39. The van der Waals surface area contributed by atoms with Crippen molar-refractivity contribution in [3.05, 3.63) is 65.6 Å². The summed E-state index contributed by atoms with van der Waals surface area (Å²) in [4.78, 5) is 29.5. The summed E-state index contributed by atoms with van der Waals surface area (Å²) >= 11 is 0. The van der Waals surface area contributed by atoms with Gasteiger partial charge in [-0.15, -0.1) is 12.4 Å². The van der Waals surface area contributed by atoms with Gasteiger partial charge in [-0.2, -0.15) is 0 Å². The Bertz CT molecular complexity index is 1110. The van der Waals surface area contributed by atoms with Crippen LogP contribution < -0.4 is 0 Å². The minimum Gasteiger partial charge on any atom is -0.355 e. The van der Waals surface area contributed by atoms with Crippen molar-refractivity contribution in [3.8, 4) is 0 Å². The summed E-state index contributed by atoms with van der Waals surface area (Å²) in [7, 11) is 0. The highest BCUT2D eigenvalue weighted by atomic mass is 35.5. The molecule has 0 spiro atoms. The van der Waals surface area contributed by atoms with Gasteiger partial charge in [-0.05, 0) is 81.8 Å². The molecule has 4 rings (SSSR count). The van der Waals surface area contributed by atoms with Gasteiger partial charge < -0.3 is 14.3 Å². The summed E-state index contributed by atoms with van der Waals surface area (Å²) in [5.41, 5.74) is 1.51. The predicted octanol–water partition coefficient (Wildman–Crippen LogP) is 5.57. The smallest absolute Gasteiger partial charge is 0.276 e. The first-order chi connectivity index (χ1) is 15.9. The molecule has 1 fully saturated rings. The molecular formula is C26H31ClFN3O3. The van der Waals surface area contributed by atoms with Gasteiger partial charge in [0.15, 0.2) is 11.3 Å². The lowest BCUT2D eigenvalue weighted by molar-refractivity contribution is 0.0654. The number of aromatic nitrogens is 1. The van der Waals surface area contributed by atoms with Crippen LogP contribution in [0.3, 0.4) is 0 Å². The molecule has 3 aromatic rings. The maximum Gasteiger partial charge on any atom is 0.276 e. The van der Waals surface area contributed by atoms with Crippen LogP contribution in [0.4, 0.5) is 4.39 Å². The monoisotopic (exact) mass is 487 g/mol. The van der Waals surface area contributed by atoms with Crippen LogP contribution in [-0.4, -0.2) is 52.4 Å². The molecule has 0 aliphatic carbocycles. The Labute approximate surface area is 205 Å². The fourth-order valence-corrected chi connectivity index (χ4v) is 4.52. The molecule has 0 bridgehead atoms. The Hall–Kier alpha value is -2.93. The molecule has 1 aromatic heterocycles. The molecule has 34 heavy (non-hydrogen) atoms. The normalized spacial score (nSPS) is 14.3. The number of piperidine rings is 1. The van der Waals surface area contributed by atoms with Crippen molar-refractivity contribution < 1.29 is 18.5 Å². The number of hydrogen-bond acceptors (Lipinski definition) is 4. The van der Waals surface area contributed by atoms with Crippen LogP contribution >= 0.6 is 12.4 Å². The molecule has 1 aliphatic heterocycles.